The number of fused-ring (bicyclic) bond motifs is 1. The summed E-state index contributed by atoms with van der Waals surface area (Å²) in [5.74, 6) is 0.453. The first kappa shape index (κ1) is 19.4. The summed E-state index contributed by atoms with van der Waals surface area (Å²) < 4.78 is 24.1. The minimum atomic E-state index is -0.363. The van der Waals surface area contributed by atoms with Gasteiger partial charge in [0.1, 0.15) is 5.82 Å². The summed E-state index contributed by atoms with van der Waals surface area (Å²) in [6.45, 7) is 0.108. The van der Waals surface area contributed by atoms with E-state index in [1.54, 1.807) is 36.4 Å². The van der Waals surface area contributed by atoms with Gasteiger partial charge >= 0.3 is 0 Å². The predicted octanol–water partition coefficient (Wildman–Crippen LogP) is 2.93. The van der Waals surface area contributed by atoms with Crippen LogP contribution in [0.2, 0.25) is 0 Å². The number of halogens is 1. The predicted molar refractivity (Wildman–Crippen MR) is 104 cm³/mol. The molecule has 6 nitrogen and oxygen atoms in total. The van der Waals surface area contributed by atoms with Crippen molar-refractivity contribution in [2.24, 2.45) is 0 Å². The number of carbonyl (C=O) groups is 1. The van der Waals surface area contributed by atoms with Gasteiger partial charge in [0.25, 0.3) is 5.56 Å². The maximum Gasteiger partial charge on any atom is 0.251 e. The standard InChI is InChI=1S/C21H21FN2O4/c1-27-18-10-15-9-13(21(26)24-17(15)11-19(18)28-2)7-8-20(25)23-12-14-5-3-4-6-16(14)22/h3-6,9-11H,7-8,12H2,1-2H3,(H,23,25)(H,24,26). The molecule has 0 aliphatic heterocycles. The number of methoxy groups -OCH3 is 2. The zero-order valence-corrected chi connectivity index (χ0v) is 15.7. The number of aromatic amines is 1. The van der Waals surface area contributed by atoms with Gasteiger partial charge in [0, 0.05) is 35.5 Å². The first-order valence-corrected chi connectivity index (χ1v) is 8.80. The Balaban J connectivity index is 1.69. The van der Waals surface area contributed by atoms with Crippen molar-refractivity contribution in [1.29, 1.82) is 0 Å². The topological polar surface area (TPSA) is 80.4 Å². The summed E-state index contributed by atoms with van der Waals surface area (Å²) in [5.41, 5.74) is 1.26. The van der Waals surface area contributed by atoms with Crippen molar-refractivity contribution in [2.45, 2.75) is 19.4 Å². The Morgan fingerprint density at radius 3 is 2.50 bits per heavy atom. The van der Waals surface area contributed by atoms with Gasteiger partial charge in [-0.15, -0.1) is 0 Å². The molecule has 3 aromatic rings. The summed E-state index contributed by atoms with van der Waals surface area (Å²) in [6.07, 6.45) is 0.388. The lowest BCUT2D eigenvalue weighted by atomic mass is 10.1. The minimum Gasteiger partial charge on any atom is -0.493 e. The monoisotopic (exact) mass is 384 g/mol. The number of pyridine rings is 1. The van der Waals surface area contributed by atoms with E-state index < -0.39 is 0 Å². The van der Waals surface area contributed by atoms with Crippen molar-refractivity contribution < 1.29 is 18.7 Å². The van der Waals surface area contributed by atoms with Gasteiger partial charge in [-0.2, -0.15) is 0 Å². The molecule has 7 heteroatoms. The molecule has 1 heterocycles. The Labute approximate surface area is 161 Å². The quantitative estimate of drug-likeness (QED) is 0.656. The number of nitrogens with one attached hydrogen (secondary N) is 2. The van der Waals surface area contributed by atoms with E-state index in [4.69, 9.17) is 9.47 Å². The third-order valence-corrected chi connectivity index (χ3v) is 4.48. The third kappa shape index (κ3) is 4.31. The average Bonchev–Trinajstić information content (AvgIpc) is 2.70. The molecule has 0 spiro atoms. The molecular formula is C21H21FN2O4. The third-order valence-electron chi connectivity index (χ3n) is 4.48. The Hall–Kier alpha value is -3.35. The van der Waals surface area contributed by atoms with Crippen LogP contribution < -0.4 is 20.3 Å². The smallest absolute Gasteiger partial charge is 0.251 e. The summed E-state index contributed by atoms with van der Waals surface area (Å²) in [7, 11) is 3.06. The molecule has 0 unspecified atom stereocenters. The minimum absolute atomic E-state index is 0.108. The number of aromatic nitrogens is 1. The van der Waals surface area contributed by atoms with Crippen LogP contribution in [0.3, 0.4) is 0 Å². The van der Waals surface area contributed by atoms with Gasteiger partial charge in [-0.1, -0.05) is 18.2 Å². The number of benzene rings is 2. The highest BCUT2D eigenvalue weighted by molar-refractivity contribution is 5.83. The molecule has 0 atom stereocenters. The van der Waals surface area contributed by atoms with Crippen molar-refractivity contribution in [3.8, 4) is 11.5 Å². The molecular weight excluding hydrogens is 363 g/mol. The highest BCUT2D eigenvalue weighted by Crippen LogP contribution is 2.31. The van der Waals surface area contributed by atoms with E-state index in [-0.39, 0.29) is 36.7 Å². The molecule has 3 rings (SSSR count). The SMILES string of the molecule is COc1cc2cc(CCC(=O)NCc3ccccc3F)c(=O)[nH]c2cc1OC. The van der Waals surface area contributed by atoms with Crippen LogP contribution in [0.25, 0.3) is 10.9 Å². The highest BCUT2D eigenvalue weighted by Gasteiger charge is 2.11. The highest BCUT2D eigenvalue weighted by atomic mass is 19.1. The molecule has 0 bridgehead atoms. The fourth-order valence-electron chi connectivity index (χ4n) is 2.94. The largest absolute Gasteiger partial charge is 0.493 e. The lowest BCUT2D eigenvalue weighted by molar-refractivity contribution is -0.121. The van der Waals surface area contributed by atoms with E-state index in [9.17, 15) is 14.0 Å². The Morgan fingerprint density at radius 2 is 1.79 bits per heavy atom. The average molecular weight is 384 g/mol. The number of amides is 1. The number of ether oxygens (including phenoxy) is 2. The Bertz CT molecular complexity index is 1060. The zero-order chi connectivity index (χ0) is 20.1. The number of aryl methyl sites for hydroxylation is 1. The van der Waals surface area contributed by atoms with Crippen LogP contribution in [0.1, 0.15) is 17.5 Å². The maximum absolute atomic E-state index is 13.6. The summed E-state index contributed by atoms with van der Waals surface area (Å²) in [4.78, 5) is 27.2. The molecule has 0 saturated carbocycles. The second-order valence-electron chi connectivity index (χ2n) is 6.29. The summed E-state index contributed by atoms with van der Waals surface area (Å²) in [5, 5.41) is 3.45. The second-order valence-corrected chi connectivity index (χ2v) is 6.29. The number of hydrogen-bond acceptors (Lipinski definition) is 4. The molecule has 0 saturated heterocycles. The molecule has 2 aromatic carbocycles. The van der Waals surface area contributed by atoms with E-state index in [1.165, 1.54) is 20.3 Å². The van der Waals surface area contributed by atoms with Crippen LogP contribution >= 0.6 is 0 Å². The molecule has 0 fully saturated rings. The van der Waals surface area contributed by atoms with E-state index in [0.29, 0.717) is 28.1 Å². The van der Waals surface area contributed by atoms with Crippen molar-refractivity contribution >= 4 is 16.8 Å². The zero-order valence-electron chi connectivity index (χ0n) is 15.7. The molecule has 0 aliphatic rings. The first-order chi connectivity index (χ1) is 13.5. The van der Waals surface area contributed by atoms with Gasteiger partial charge in [0.2, 0.25) is 5.91 Å². The molecule has 2 N–H and O–H groups in total. The van der Waals surface area contributed by atoms with E-state index in [2.05, 4.69) is 10.3 Å². The van der Waals surface area contributed by atoms with Gasteiger partial charge in [0.15, 0.2) is 11.5 Å². The maximum atomic E-state index is 13.6. The lowest BCUT2D eigenvalue weighted by Gasteiger charge is -2.10. The fraction of sp³-hybridized carbons (Fsp3) is 0.238. The molecule has 1 aromatic heterocycles. The van der Waals surface area contributed by atoms with Crippen LogP contribution in [0.15, 0.2) is 47.3 Å². The number of carbonyl (C=O) groups excluding carboxylic acids is 1. The molecule has 1 amide bonds. The summed E-state index contributed by atoms with van der Waals surface area (Å²) >= 11 is 0. The Morgan fingerprint density at radius 1 is 1.07 bits per heavy atom. The molecule has 0 aliphatic carbocycles. The number of H-pyrrole nitrogens is 1. The number of hydrogen-bond donors (Lipinski definition) is 2. The fourth-order valence-corrected chi connectivity index (χ4v) is 2.94. The van der Waals surface area contributed by atoms with Crippen LogP contribution in [0, 0.1) is 5.82 Å². The van der Waals surface area contributed by atoms with Crippen molar-refractivity contribution in [3.05, 3.63) is 69.8 Å². The molecule has 0 radical (unpaired) electrons. The van der Waals surface area contributed by atoms with Crippen LogP contribution in [0.5, 0.6) is 11.5 Å². The Kier molecular flexibility index (Phi) is 5.93. The van der Waals surface area contributed by atoms with E-state index in [1.807, 2.05) is 0 Å². The first-order valence-electron chi connectivity index (χ1n) is 8.80. The van der Waals surface area contributed by atoms with Gasteiger partial charge in [-0.3, -0.25) is 9.59 Å². The van der Waals surface area contributed by atoms with Crippen molar-refractivity contribution in [2.75, 3.05) is 14.2 Å². The van der Waals surface area contributed by atoms with Crippen molar-refractivity contribution in [1.82, 2.24) is 10.3 Å². The van der Waals surface area contributed by atoms with Gasteiger partial charge < -0.3 is 19.8 Å². The van der Waals surface area contributed by atoms with Crippen molar-refractivity contribution in [3.63, 3.8) is 0 Å². The van der Waals surface area contributed by atoms with Crippen LogP contribution in [-0.2, 0) is 17.8 Å². The van der Waals surface area contributed by atoms with E-state index in [0.717, 1.165) is 5.39 Å². The van der Waals surface area contributed by atoms with Crippen LogP contribution in [-0.4, -0.2) is 25.1 Å². The lowest BCUT2D eigenvalue weighted by Crippen LogP contribution is -2.24. The van der Waals surface area contributed by atoms with Gasteiger partial charge in [-0.05, 0) is 24.6 Å². The van der Waals surface area contributed by atoms with Gasteiger partial charge in [-0.25, -0.2) is 4.39 Å². The summed E-state index contributed by atoms with van der Waals surface area (Å²) in [6, 6.07) is 11.5. The molecule has 28 heavy (non-hydrogen) atoms. The van der Waals surface area contributed by atoms with Crippen LogP contribution in [0.4, 0.5) is 4.39 Å². The normalized spacial score (nSPS) is 10.7. The number of rotatable bonds is 7. The van der Waals surface area contributed by atoms with E-state index >= 15 is 0 Å². The van der Waals surface area contributed by atoms with Gasteiger partial charge in [0.05, 0.1) is 19.7 Å². The second kappa shape index (κ2) is 8.56. The molecule has 146 valence electrons.